The summed E-state index contributed by atoms with van der Waals surface area (Å²) >= 11 is 5.74. The molecule has 94 valence electrons. The summed E-state index contributed by atoms with van der Waals surface area (Å²) in [5.74, 6) is 0.671. The summed E-state index contributed by atoms with van der Waals surface area (Å²) < 4.78 is 7.34. The molecule has 0 aliphatic rings. The van der Waals surface area contributed by atoms with E-state index in [1.54, 1.807) is 7.11 Å². The minimum Gasteiger partial charge on any atom is -0.495 e. The minimum atomic E-state index is 0.607. The summed E-state index contributed by atoms with van der Waals surface area (Å²) in [5, 5.41) is 3.31. The fourth-order valence-corrected chi connectivity index (χ4v) is 2.40. The van der Waals surface area contributed by atoms with E-state index < -0.39 is 0 Å². The highest BCUT2D eigenvalue weighted by molar-refractivity contribution is 14.1. The zero-order valence-electron chi connectivity index (χ0n) is 9.71. The third kappa shape index (κ3) is 2.89. The molecule has 0 bridgehead atoms. The molecule has 0 amide bonds. The Kier molecular flexibility index (Phi) is 4.34. The maximum absolute atomic E-state index is 6.03. The fraction of sp³-hybridized carbons (Fsp3) is 0.0769. The van der Waals surface area contributed by atoms with Crippen molar-refractivity contribution in [3.05, 3.63) is 44.4 Å². The SMILES string of the molecule is COc1cccc(Nc2cc(Br)ccc2I)c1N. The average molecular weight is 419 g/mol. The van der Waals surface area contributed by atoms with Gasteiger partial charge in [-0.2, -0.15) is 0 Å². The molecule has 0 aromatic heterocycles. The number of methoxy groups -OCH3 is 1. The molecule has 3 nitrogen and oxygen atoms in total. The molecule has 0 atom stereocenters. The van der Waals surface area contributed by atoms with E-state index in [0.717, 1.165) is 19.4 Å². The van der Waals surface area contributed by atoms with Gasteiger partial charge in [-0.25, -0.2) is 0 Å². The van der Waals surface area contributed by atoms with Crippen LogP contribution in [0.3, 0.4) is 0 Å². The number of para-hydroxylation sites is 1. The Balaban J connectivity index is 2.37. The van der Waals surface area contributed by atoms with E-state index in [9.17, 15) is 0 Å². The van der Waals surface area contributed by atoms with Gasteiger partial charge in [0.1, 0.15) is 5.75 Å². The van der Waals surface area contributed by atoms with Crippen LogP contribution in [0.1, 0.15) is 0 Å². The van der Waals surface area contributed by atoms with E-state index in [0.29, 0.717) is 11.4 Å². The summed E-state index contributed by atoms with van der Waals surface area (Å²) in [4.78, 5) is 0. The molecule has 0 aliphatic heterocycles. The summed E-state index contributed by atoms with van der Waals surface area (Å²) in [6, 6.07) is 11.7. The molecule has 0 heterocycles. The van der Waals surface area contributed by atoms with E-state index in [-0.39, 0.29) is 0 Å². The van der Waals surface area contributed by atoms with Crippen LogP contribution in [0.5, 0.6) is 5.75 Å². The Morgan fingerprint density at radius 1 is 1.22 bits per heavy atom. The van der Waals surface area contributed by atoms with Gasteiger partial charge in [0.15, 0.2) is 0 Å². The Bertz CT molecular complexity index is 575. The Hall–Kier alpha value is -0.950. The molecule has 2 aromatic rings. The molecule has 0 radical (unpaired) electrons. The van der Waals surface area contributed by atoms with Crippen LogP contribution < -0.4 is 15.8 Å². The summed E-state index contributed by atoms with van der Waals surface area (Å²) in [6.45, 7) is 0. The number of nitrogens with two attached hydrogens (primary N) is 1. The lowest BCUT2D eigenvalue weighted by Crippen LogP contribution is -2.00. The number of ether oxygens (including phenoxy) is 1. The maximum Gasteiger partial charge on any atom is 0.143 e. The highest BCUT2D eigenvalue weighted by atomic mass is 127. The zero-order valence-corrected chi connectivity index (χ0v) is 13.4. The van der Waals surface area contributed by atoms with Crippen LogP contribution in [-0.4, -0.2) is 7.11 Å². The molecule has 0 saturated heterocycles. The Morgan fingerprint density at radius 2 is 2.00 bits per heavy atom. The first kappa shape index (κ1) is 13.5. The quantitative estimate of drug-likeness (QED) is 0.574. The minimum absolute atomic E-state index is 0.607. The smallest absolute Gasteiger partial charge is 0.143 e. The van der Waals surface area contributed by atoms with Crippen molar-refractivity contribution in [2.45, 2.75) is 0 Å². The van der Waals surface area contributed by atoms with Crippen molar-refractivity contribution in [2.24, 2.45) is 0 Å². The standard InChI is InChI=1S/C13H12BrIN2O/c1-18-12-4-2-3-10(13(12)16)17-11-7-8(14)5-6-9(11)15/h2-7,17H,16H2,1H3. The molecule has 0 unspecified atom stereocenters. The maximum atomic E-state index is 6.03. The molecule has 2 rings (SSSR count). The molecule has 18 heavy (non-hydrogen) atoms. The molecule has 0 saturated carbocycles. The topological polar surface area (TPSA) is 47.3 Å². The van der Waals surface area contributed by atoms with Crippen molar-refractivity contribution in [3.8, 4) is 5.75 Å². The molecular formula is C13H12BrIN2O. The zero-order chi connectivity index (χ0) is 13.1. The van der Waals surface area contributed by atoms with Crippen LogP contribution in [0.25, 0.3) is 0 Å². The van der Waals surface area contributed by atoms with Crippen LogP contribution in [-0.2, 0) is 0 Å². The second-order valence-electron chi connectivity index (χ2n) is 3.67. The van der Waals surface area contributed by atoms with Crippen LogP contribution in [0, 0.1) is 3.57 Å². The van der Waals surface area contributed by atoms with Gasteiger partial charge in [0, 0.05) is 8.04 Å². The van der Waals surface area contributed by atoms with Gasteiger partial charge in [0.25, 0.3) is 0 Å². The third-order valence-electron chi connectivity index (χ3n) is 2.48. The van der Waals surface area contributed by atoms with E-state index in [4.69, 9.17) is 10.5 Å². The third-order valence-corrected chi connectivity index (χ3v) is 3.92. The number of halogens is 2. The predicted octanol–water partition coefficient (Wildman–Crippen LogP) is 4.39. The van der Waals surface area contributed by atoms with Crippen molar-refractivity contribution in [1.82, 2.24) is 0 Å². The second kappa shape index (κ2) is 5.79. The number of benzene rings is 2. The van der Waals surface area contributed by atoms with Gasteiger partial charge in [-0.15, -0.1) is 0 Å². The van der Waals surface area contributed by atoms with Gasteiger partial charge in [0.05, 0.1) is 24.2 Å². The van der Waals surface area contributed by atoms with Crippen molar-refractivity contribution in [1.29, 1.82) is 0 Å². The first-order chi connectivity index (χ1) is 8.61. The fourth-order valence-electron chi connectivity index (χ4n) is 1.57. The molecule has 0 aliphatic carbocycles. The first-order valence-corrected chi connectivity index (χ1v) is 7.13. The number of anilines is 3. The molecule has 0 fully saturated rings. The van der Waals surface area contributed by atoms with Crippen molar-refractivity contribution >= 4 is 55.6 Å². The predicted molar refractivity (Wildman–Crippen MR) is 87.5 cm³/mol. The Labute approximate surface area is 128 Å². The van der Waals surface area contributed by atoms with E-state index in [1.807, 2.05) is 36.4 Å². The summed E-state index contributed by atoms with van der Waals surface area (Å²) in [5.41, 5.74) is 8.48. The van der Waals surface area contributed by atoms with Gasteiger partial charge < -0.3 is 15.8 Å². The number of hydrogen-bond acceptors (Lipinski definition) is 3. The summed E-state index contributed by atoms with van der Waals surface area (Å²) in [6.07, 6.45) is 0. The molecule has 2 aromatic carbocycles. The lowest BCUT2D eigenvalue weighted by molar-refractivity contribution is 0.417. The summed E-state index contributed by atoms with van der Waals surface area (Å²) in [7, 11) is 1.61. The molecule has 5 heteroatoms. The highest BCUT2D eigenvalue weighted by Crippen LogP contribution is 2.33. The van der Waals surface area contributed by atoms with Gasteiger partial charge in [-0.05, 0) is 52.9 Å². The monoisotopic (exact) mass is 418 g/mol. The van der Waals surface area contributed by atoms with Gasteiger partial charge in [-0.3, -0.25) is 0 Å². The van der Waals surface area contributed by atoms with Crippen molar-refractivity contribution in [2.75, 3.05) is 18.2 Å². The number of hydrogen-bond donors (Lipinski definition) is 2. The molecule has 3 N–H and O–H groups in total. The second-order valence-corrected chi connectivity index (χ2v) is 5.75. The van der Waals surface area contributed by atoms with Crippen LogP contribution >= 0.6 is 38.5 Å². The van der Waals surface area contributed by atoms with Gasteiger partial charge >= 0.3 is 0 Å². The van der Waals surface area contributed by atoms with E-state index >= 15 is 0 Å². The molecular weight excluding hydrogens is 407 g/mol. The van der Waals surface area contributed by atoms with Gasteiger partial charge in [-0.1, -0.05) is 22.0 Å². The number of nitrogens with one attached hydrogen (secondary N) is 1. The lowest BCUT2D eigenvalue weighted by atomic mass is 10.2. The van der Waals surface area contributed by atoms with Crippen molar-refractivity contribution in [3.63, 3.8) is 0 Å². The largest absolute Gasteiger partial charge is 0.495 e. The van der Waals surface area contributed by atoms with Crippen LogP contribution in [0.2, 0.25) is 0 Å². The molecule has 0 spiro atoms. The number of nitrogen functional groups attached to an aromatic ring is 1. The van der Waals surface area contributed by atoms with Gasteiger partial charge in [0.2, 0.25) is 0 Å². The Morgan fingerprint density at radius 3 is 2.72 bits per heavy atom. The highest BCUT2D eigenvalue weighted by Gasteiger charge is 2.07. The normalized spacial score (nSPS) is 10.2. The average Bonchev–Trinajstić information content (AvgIpc) is 2.36. The van der Waals surface area contributed by atoms with E-state index in [1.165, 1.54) is 0 Å². The first-order valence-electron chi connectivity index (χ1n) is 5.26. The lowest BCUT2D eigenvalue weighted by Gasteiger charge is -2.13. The number of rotatable bonds is 3. The van der Waals surface area contributed by atoms with Crippen molar-refractivity contribution < 1.29 is 4.74 Å². The van der Waals surface area contributed by atoms with Crippen LogP contribution in [0.4, 0.5) is 17.1 Å². The van der Waals surface area contributed by atoms with Crippen LogP contribution in [0.15, 0.2) is 40.9 Å². The van der Waals surface area contributed by atoms with E-state index in [2.05, 4.69) is 43.8 Å².